The number of carboxylic acid groups (broad SMARTS) is 1. The lowest BCUT2D eigenvalue weighted by Gasteiger charge is -2.38. The van der Waals surface area contributed by atoms with E-state index in [1.54, 1.807) is 23.1 Å². The molecular weight excluding hydrogens is 304 g/mol. The van der Waals surface area contributed by atoms with Gasteiger partial charge in [0.1, 0.15) is 0 Å². The van der Waals surface area contributed by atoms with Crippen molar-refractivity contribution in [3.63, 3.8) is 0 Å². The molecule has 1 aliphatic rings. The fraction of sp³-hybridized carbons (Fsp3) is 0.333. The highest BCUT2D eigenvalue weighted by atomic mass is 16.4. The first-order chi connectivity index (χ1) is 11.7. The van der Waals surface area contributed by atoms with Crippen LogP contribution in [0.1, 0.15) is 18.4 Å². The quantitative estimate of drug-likeness (QED) is 0.773. The number of hydrogen-bond acceptors (Lipinski definition) is 3. The number of H-pyrrole nitrogens is 1. The molecule has 0 atom stereocenters. The number of aliphatic carboxylic acids is 1. The summed E-state index contributed by atoms with van der Waals surface area (Å²) in [5.41, 5.74) is 1.48. The summed E-state index contributed by atoms with van der Waals surface area (Å²) in [5.74, 6) is -0.794. The van der Waals surface area contributed by atoms with Gasteiger partial charge in [0.15, 0.2) is 5.54 Å². The number of nitrogens with zero attached hydrogens (tertiary/aromatic N) is 3. The van der Waals surface area contributed by atoms with Crippen molar-refractivity contribution in [2.75, 3.05) is 13.1 Å². The molecule has 0 radical (unpaired) electrons. The highest BCUT2D eigenvalue weighted by Crippen LogP contribution is 2.31. The molecule has 0 aliphatic carbocycles. The Kier molecular flexibility index (Phi) is 3.61. The summed E-state index contributed by atoms with van der Waals surface area (Å²) < 4.78 is 1.61. The maximum Gasteiger partial charge on any atom is 0.331 e. The Bertz CT molecular complexity index is 845. The van der Waals surface area contributed by atoms with Gasteiger partial charge in [0.25, 0.3) is 0 Å². The molecule has 6 heteroatoms. The second kappa shape index (κ2) is 5.79. The van der Waals surface area contributed by atoms with Gasteiger partial charge in [0.2, 0.25) is 0 Å². The maximum atomic E-state index is 11.9. The molecule has 1 aromatic carbocycles. The normalized spacial score (nSPS) is 18.0. The highest BCUT2D eigenvalue weighted by molar-refractivity contribution is 5.83. The van der Waals surface area contributed by atoms with Gasteiger partial charge < -0.3 is 10.1 Å². The number of carboxylic acids is 1. The summed E-state index contributed by atoms with van der Waals surface area (Å²) in [5, 5.41) is 15.2. The van der Waals surface area contributed by atoms with Crippen LogP contribution in [-0.4, -0.2) is 43.8 Å². The number of aromatic nitrogens is 3. The molecule has 2 aromatic heterocycles. The van der Waals surface area contributed by atoms with Crippen molar-refractivity contribution < 1.29 is 9.90 Å². The van der Waals surface area contributed by atoms with Gasteiger partial charge in [0.05, 0.1) is 0 Å². The van der Waals surface area contributed by atoms with E-state index in [0.29, 0.717) is 12.8 Å². The Morgan fingerprint density at radius 3 is 2.75 bits per heavy atom. The van der Waals surface area contributed by atoms with Crippen molar-refractivity contribution in [1.29, 1.82) is 0 Å². The van der Waals surface area contributed by atoms with Gasteiger partial charge in [-0.2, -0.15) is 5.10 Å². The van der Waals surface area contributed by atoms with E-state index >= 15 is 0 Å². The zero-order valence-electron chi connectivity index (χ0n) is 13.4. The molecule has 1 saturated heterocycles. The zero-order valence-corrected chi connectivity index (χ0v) is 13.4. The lowest BCUT2D eigenvalue weighted by Crippen LogP contribution is -2.51. The third kappa shape index (κ3) is 2.39. The molecule has 1 fully saturated rings. The minimum atomic E-state index is -0.916. The summed E-state index contributed by atoms with van der Waals surface area (Å²) in [7, 11) is 0. The first kappa shape index (κ1) is 15.0. The topological polar surface area (TPSA) is 74.2 Å². The third-order valence-electron chi connectivity index (χ3n) is 5.09. The lowest BCUT2D eigenvalue weighted by molar-refractivity contribution is -0.151. The summed E-state index contributed by atoms with van der Waals surface area (Å²) in [6.07, 6.45) is 6.57. The minimum Gasteiger partial charge on any atom is -0.479 e. The van der Waals surface area contributed by atoms with Crippen molar-refractivity contribution >= 4 is 16.9 Å². The number of benzene rings is 1. The second-order valence-electron chi connectivity index (χ2n) is 6.42. The fourth-order valence-electron chi connectivity index (χ4n) is 3.65. The first-order valence-corrected chi connectivity index (χ1v) is 8.20. The van der Waals surface area contributed by atoms with Gasteiger partial charge in [-0.25, -0.2) is 4.79 Å². The summed E-state index contributed by atoms with van der Waals surface area (Å²) in [6.45, 7) is 2.32. The minimum absolute atomic E-state index is 0.562. The van der Waals surface area contributed by atoms with Crippen LogP contribution in [0.5, 0.6) is 0 Å². The first-order valence-electron chi connectivity index (χ1n) is 8.20. The van der Waals surface area contributed by atoms with Crippen molar-refractivity contribution in [2.24, 2.45) is 0 Å². The number of likely N-dealkylation sites (tertiary alicyclic amines) is 1. The van der Waals surface area contributed by atoms with E-state index in [0.717, 1.165) is 25.2 Å². The predicted molar refractivity (Wildman–Crippen MR) is 90.6 cm³/mol. The summed E-state index contributed by atoms with van der Waals surface area (Å²) in [6, 6.07) is 10.0. The Morgan fingerprint density at radius 1 is 1.25 bits per heavy atom. The van der Waals surface area contributed by atoms with Gasteiger partial charge in [-0.1, -0.05) is 18.2 Å². The molecule has 0 amide bonds. The number of piperidine rings is 1. The number of aromatic amines is 1. The van der Waals surface area contributed by atoms with E-state index in [1.165, 1.54) is 10.9 Å². The molecule has 124 valence electrons. The van der Waals surface area contributed by atoms with Gasteiger partial charge >= 0.3 is 5.97 Å². The predicted octanol–water partition coefficient (Wildman–Crippen LogP) is 2.44. The number of nitrogens with one attached hydrogen (secondary N) is 1. The summed E-state index contributed by atoms with van der Waals surface area (Å²) in [4.78, 5) is 17.5. The zero-order chi connectivity index (χ0) is 16.6. The van der Waals surface area contributed by atoms with Crippen molar-refractivity contribution in [2.45, 2.75) is 24.9 Å². The van der Waals surface area contributed by atoms with Gasteiger partial charge in [0, 0.05) is 49.1 Å². The van der Waals surface area contributed by atoms with Crippen LogP contribution >= 0.6 is 0 Å². The van der Waals surface area contributed by atoms with Crippen LogP contribution < -0.4 is 0 Å². The highest BCUT2D eigenvalue weighted by Gasteiger charge is 2.43. The average Bonchev–Trinajstić information content (AvgIpc) is 3.26. The molecular formula is C18H20N4O2. The van der Waals surface area contributed by atoms with Gasteiger partial charge in [-0.05, 0) is 30.5 Å². The van der Waals surface area contributed by atoms with Crippen molar-refractivity contribution in [3.05, 3.63) is 54.5 Å². The molecule has 3 aromatic rings. The number of fused-ring (bicyclic) bond motifs is 1. The van der Waals surface area contributed by atoms with Crippen LogP contribution in [0.4, 0.5) is 0 Å². The number of hydrogen-bond donors (Lipinski definition) is 2. The molecule has 1 aliphatic heterocycles. The van der Waals surface area contributed by atoms with E-state index in [9.17, 15) is 9.90 Å². The Balaban J connectivity index is 1.51. The van der Waals surface area contributed by atoms with E-state index in [-0.39, 0.29) is 0 Å². The maximum absolute atomic E-state index is 11.9. The number of rotatable bonds is 4. The monoisotopic (exact) mass is 324 g/mol. The van der Waals surface area contributed by atoms with Crippen LogP contribution in [0.25, 0.3) is 10.9 Å². The van der Waals surface area contributed by atoms with E-state index < -0.39 is 11.5 Å². The number of carbonyl (C=O) groups is 1. The lowest BCUT2D eigenvalue weighted by atomic mass is 9.87. The van der Waals surface area contributed by atoms with E-state index in [1.807, 2.05) is 12.1 Å². The molecule has 0 unspecified atom stereocenters. The average molecular weight is 324 g/mol. The van der Waals surface area contributed by atoms with Crippen LogP contribution in [0.3, 0.4) is 0 Å². The van der Waals surface area contributed by atoms with Crippen LogP contribution in [0.2, 0.25) is 0 Å². The Morgan fingerprint density at radius 2 is 2.04 bits per heavy atom. The smallest absolute Gasteiger partial charge is 0.331 e. The van der Waals surface area contributed by atoms with Crippen LogP contribution in [0, 0.1) is 0 Å². The Labute approximate surface area is 139 Å². The molecule has 24 heavy (non-hydrogen) atoms. The number of para-hydroxylation sites is 1. The van der Waals surface area contributed by atoms with E-state index in [4.69, 9.17) is 0 Å². The van der Waals surface area contributed by atoms with Crippen molar-refractivity contribution in [1.82, 2.24) is 19.7 Å². The molecule has 6 nitrogen and oxygen atoms in total. The molecule has 3 heterocycles. The fourth-order valence-corrected chi connectivity index (χ4v) is 3.65. The summed E-state index contributed by atoms with van der Waals surface area (Å²) >= 11 is 0. The molecule has 4 rings (SSSR count). The largest absolute Gasteiger partial charge is 0.479 e. The van der Waals surface area contributed by atoms with E-state index in [2.05, 4.69) is 33.3 Å². The standard InChI is InChI=1S/C18H20N4O2/c23-17(24)18(22-9-3-8-20-22)6-10-21(11-7-18)13-14-12-19-16-5-2-1-4-15(14)16/h1-5,8-9,12,19H,6-7,10-11,13H2,(H,23,24). The van der Waals surface area contributed by atoms with Gasteiger partial charge in [-0.3, -0.25) is 9.58 Å². The third-order valence-corrected chi connectivity index (χ3v) is 5.09. The van der Waals surface area contributed by atoms with Crippen LogP contribution in [-0.2, 0) is 16.9 Å². The Hall–Kier alpha value is -2.60. The second-order valence-corrected chi connectivity index (χ2v) is 6.42. The molecule has 0 saturated carbocycles. The SMILES string of the molecule is O=C(O)C1(n2cccn2)CCN(Cc2c[nH]c3ccccc23)CC1. The van der Waals surface area contributed by atoms with Crippen LogP contribution in [0.15, 0.2) is 48.9 Å². The van der Waals surface area contributed by atoms with Crippen molar-refractivity contribution in [3.8, 4) is 0 Å². The van der Waals surface area contributed by atoms with Gasteiger partial charge in [-0.15, -0.1) is 0 Å². The molecule has 0 bridgehead atoms. The molecule has 2 N–H and O–H groups in total. The molecule has 0 spiro atoms.